The largest absolute Gasteiger partial charge is 0.396 e. The second-order valence-electron chi connectivity index (χ2n) is 4.18. The second-order valence-corrected chi connectivity index (χ2v) is 4.18. The summed E-state index contributed by atoms with van der Waals surface area (Å²) in [6, 6.07) is 0. The zero-order valence-electron chi connectivity index (χ0n) is 8.59. The fourth-order valence-corrected chi connectivity index (χ4v) is 0.929. The fourth-order valence-electron chi connectivity index (χ4n) is 0.929. The van der Waals surface area contributed by atoms with Crippen molar-refractivity contribution in [3.8, 4) is 0 Å². The summed E-state index contributed by atoms with van der Waals surface area (Å²) in [5, 5.41) is 8.48. The second kappa shape index (κ2) is 5.12. The van der Waals surface area contributed by atoms with Crippen LogP contribution in [0.15, 0.2) is 0 Å². The lowest BCUT2D eigenvalue weighted by Gasteiger charge is -2.14. The minimum absolute atomic E-state index is 0.0803. The van der Waals surface area contributed by atoms with Gasteiger partial charge in [0, 0.05) is 18.4 Å². The van der Waals surface area contributed by atoms with Crippen LogP contribution >= 0.6 is 0 Å². The van der Waals surface area contributed by atoms with Crippen molar-refractivity contribution in [2.45, 2.75) is 40.0 Å². The molecule has 0 spiro atoms. The number of hydrogen-bond donors (Lipinski definition) is 1. The van der Waals surface area contributed by atoms with Gasteiger partial charge in [0.25, 0.3) is 0 Å². The van der Waals surface area contributed by atoms with Gasteiger partial charge in [0.1, 0.15) is 0 Å². The van der Waals surface area contributed by atoms with Crippen molar-refractivity contribution in [2.75, 3.05) is 6.61 Å². The van der Waals surface area contributed by atoms with Crippen LogP contribution in [-0.2, 0) is 9.59 Å². The Balaban J connectivity index is 3.92. The van der Waals surface area contributed by atoms with E-state index in [0.717, 1.165) is 0 Å². The lowest BCUT2D eigenvalue weighted by molar-refractivity contribution is -0.141. The van der Waals surface area contributed by atoms with Gasteiger partial charge in [-0.3, -0.25) is 9.59 Å². The average Bonchev–Trinajstić information content (AvgIpc) is 2.01. The minimum Gasteiger partial charge on any atom is -0.396 e. The summed E-state index contributed by atoms with van der Waals surface area (Å²) in [7, 11) is 0. The van der Waals surface area contributed by atoms with E-state index in [0.29, 0.717) is 12.8 Å². The van der Waals surface area contributed by atoms with Gasteiger partial charge in [0.2, 0.25) is 5.78 Å². The molecule has 0 aromatic carbocycles. The minimum atomic E-state index is -0.573. The number of aliphatic hydroxyl groups excluding tert-OH is 1. The number of Topliss-reactive ketones (excluding diaryl/α,β-unsaturated/α-hetero) is 2. The van der Waals surface area contributed by atoms with Crippen molar-refractivity contribution in [3.63, 3.8) is 0 Å². The topological polar surface area (TPSA) is 54.4 Å². The Labute approximate surface area is 79.1 Å². The number of rotatable bonds is 5. The SMILES string of the molecule is CC(C)(C)C(=O)C(=O)CCCCO. The monoisotopic (exact) mass is 186 g/mol. The predicted molar refractivity (Wildman–Crippen MR) is 50.4 cm³/mol. The molecule has 0 heterocycles. The van der Waals surface area contributed by atoms with E-state index >= 15 is 0 Å². The molecule has 0 atom stereocenters. The van der Waals surface area contributed by atoms with E-state index in [1.54, 1.807) is 20.8 Å². The number of unbranched alkanes of at least 4 members (excludes halogenated alkanes) is 1. The van der Waals surface area contributed by atoms with E-state index in [-0.39, 0.29) is 24.6 Å². The highest BCUT2D eigenvalue weighted by Crippen LogP contribution is 2.16. The Morgan fingerprint density at radius 1 is 1.15 bits per heavy atom. The van der Waals surface area contributed by atoms with Crippen LogP contribution in [-0.4, -0.2) is 23.3 Å². The zero-order valence-corrected chi connectivity index (χ0v) is 8.59. The Morgan fingerprint density at radius 3 is 2.08 bits per heavy atom. The first-order valence-electron chi connectivity index (χ1n) is 4.58. The standard InChI is InChI=1S/C10H18O3/c1-10(2,3)9(13)8(12)6-4-5-7-11/h11H,4-7H2,1-3H3. The highest BCUT2D eigenvalue weighted by molar-refractivity contribution is 6.38. The van der Waals surface area contributed by atoms with Gasteiger partial charge in [-0.15, -0.1) is 0 Å². The Hall–Kier alpha value is -0.700. The van der Waals surface area contributed by atoms with Gasteiger partial charge in [-0.25, -0.2) is 0 Å². The molecule has 0 aliphatic carbocycles. The highest BCUT2D eigenvalue weighted by Gasteiger charge is 2.27. The third-order valence-electron chi connectivity index (χ3n) is 1.75. The summed E-state index contributed by atoms with van der Waals surface area (Å²) in [6.07, 6.45) is 1.44. The van der Waals surface area contributed by atoms with Crippen LogP contribution in [0.3, 0.4) is 0 Å². The fraction of sp³-hybridized carbons (Fsp3) is 0.800. The van der Waals surface area contributed by atoms with Gasteiger partial charge in [-0.1, -0.05) is 20.8 Å². The van der Waals surface area contributed by atoms with E-state index < -0.39 is 5.41 Å². The van der Waals surface area contributed by atoms with Gasteiger partial charge in [-0.05, 0) is 12.8 Å². The molecular formula is C10H18O3. The molecule has 13 heavy (non-hydrogen) atoms. The van der Waals surface area contributed by atoms with E-state index in [9.17, 15) is 9.59 Å². The Kier molecular flexibility index (Phi) is 4.85. The first kappa shape index (κ1) is 12.3. The quantitative estimate of drug-likeness (QED) is 0.520. The van der Waals surface area contributed by atoms with Gasteiger partial charge in [0.05, 0.1) is 0 Å². The molecule has 0 bridgehead atoms. The molecule has 3 heteroatoms. The summed E-state index contributed by atoms with van der Waals surface area (Å²) in [5.74, 6) is -0.633. The molecule has 0 fully saturated rings. The molecule has 1 N–H and O–H groups in total. The first-order chi connectivity index (χ1) is 5.89. The molecule has 0 saturated carbocycles. The smallest absolute Gasteiger partial charge is 0.203 e. The molecule has 0 aromatic heterocycles. The van der Waals surface area contributed by atoms with Gasteiger partial charge >= 0.3 is 0 Å². The number of hydrogen-bond acceptors (Lipinski definition) is 3. The maximum Gasteiger partial charge on any atom is 0.203 e. The maximum absolute atomic E-state index is 11.3. The lowest BCUT2D eigenvalue weighted by atomic mass is 9.87. The van der Waals surface area contributed by atoms with Gasteiger partial charge < -0.3 is 5.11 Å². The van der Waals surface area contributed by atoms with Crippen molar-refractivity contribution >= 4 is 11.6 Å². The average molecular weight is 186 g/mol. The van der Waals surface area contributed by atoms with E-state index in [1.807, 2.05) is 0 Å². The summed E-state index contributed by atoms with van der Waals surface area (Å²) in [4.78, 5) is 22.6. The summed E-state index contributed by atoms with van der Waals surface area (Å²) >= 11 is 0. The van der Waals surface area contributed by atoms with E-state index in [2.05, 4.69) is 0 Å². The molecule has 0 aromatic rings. The van der Waals surface area contributed by atoms with Crippen LogP contribution in [0.4, 0.5) is 0 Å². The Morgan fingerprint density at radius 2 is 1.69 bits per heavy atom. The predicted octanol–water partition coefficient (Wildman–Crippen LogP) is 1.33. The molecule has 0 saturated heterocycles. The van der Waals surface area contributed by atoms with Crippen molar-refractivity contribution in [1.82, 2.24) is 0 Å². The zero-order chi connectivity index (χ0) is 10.5. The van der Waals surface area contributed by atoms with Crippen LogP contribution in [0.2, 0.25) is 0 Å². The molecule has 3 nitrogen and oxygen atoms in total. The lowest BCUT2D eigenvalue weighted by Crippen LogP contribution is -2.28. The number of carbonyl (C=O) groups is 2. The van der Waals surface area contributed by atoms with E-state index in [1.165, 1.54) is 0 Å². The van der Waals surface area contributed by atoms with Gasteiger partial charge in [-0.2, -0.15) is 0 Å². The molecular weight excluding hydrogens is 168 g/mol. The number of aliphatic hydroxyl groups is 1. The van der Waals surface area contributed by atoms with Gasteiger partial charge in [0.15, 0.2) is 5.78 Å². The van der Waals surface area contributed by atoms with Crippen LogP contribution in [0.25, 0.3) is 0 Å². The normalized spacial score (nSPS) is 11.4. The summed E-state index contributed by atoms with van der Waals surface area (Å²) < 4.78 is 0. The molecule has 0 amide bonds. The summed E-state index contributed by atoms with van der Waals surface area (Å²) in [6.45, 7) is 5.29. The van der Waals surface area contributed by atoms with Crippen LogP contribution in [0, 0.1) is 5.41 Å². The van der Waals surface area contributed by atoms with Crippen molar-refractivity contribution < 1.29 is 14.7 Å². The molecule has 0 radical (unpaired) electrons. The number of ketones is 2. The van der Waals surface area contributed by atoms with Crippen molar-refractivity contribution in [2.24, 2.45) is 5.41 Å². The number of carbonyl (C=O) groups excluding carboxylic acids is 2. The van der Waals surface area contributed by atoms with Crippen LogP contribution < -0.4 is 0 Å². The van der Waals surface area contributed by atoms with E-state index in [4.69, 9.17) is 5.11 Å². The van der Waals surface area contributed by atoms with Crippen molar-refractivity contribution in [3.05, 3.63) is 0 Å². The molecule has 0 rings (SSSR count). The van der Waals surface area contributed by atoms with Crippen LogP contribution in [0.5, 0.6) is 0 Å². The van der Waals surface area contributed by atoms with Crippen LogP contribution in [0.1, 0.15) is 40.0 Å². The third-order valence-corrected chi connectivity index (χ3v) is 1.75. The molecule has 0 unspecified atom stereocenters. The highest BCUT2D eigenvalue weighted by atomic mass is 16.3. The maximum atomic E-state index is 11.3. The molecule has 0 aliphatic heterocycles. The molecule has 76 valence electrons. The third kappa shape index (κ3) is 4.78. The summed E-state index contributed by atoms with van der Waals surface area (Å²) in [5.41, 5.74) is -0.573. The molecule has 0 aliphatic rings. The first-order valence-corrected chi connectivity index (χ1v) is 4.58. The Bertz CT molecular complexity index is 189. The van der Waals surface area contributed by atoms with Crippen molar-refractivity contribution in [1.29, 1.82) is 0 Å².